The summed E-state index contributed by atoms with van der Waals surface area (Å²) in [4.78, 5) is 38.6. The minimum atomic E-state index is -0.380. The largest absolute Gasteiger partial charge is 0.492 e. The van der Waals surface area contributed by atoms with Crippen LogP contribution in [0, 0.1) is 0 Å². The Morgan fingerprint density at radius 1 is 1.16 bits per heavy atom. The van der Waals surface area contributed by atoms with E-state index in [1.807, 2.05) is 48.5 Å². The fraction of sp³-hybridized carbons (Fsp3) is 0.174. The van der Waals surface area contributed by atoms with Gasteiger partial charge in [0, 0.05) is 27.1 Å². The van der Waals surface area contributed by atoms with E-state index < -0.39 is 0 Å². The van der Waals surface area contributed by atoms with Crippen LogP contribution in [0.3, 0.4) is 0 Å². The number of imide groups is 1. The molecule has 164 valence electrons. The molecule has 0 aliphatic carbocycles. The van der Waals surface area contributed by atoms with Crippen LogP contribution in [0.5, 0.6) is 5.75 Å². The summed E-state index contributed by atoms with van der Waals surface area (Å²) in [5.74, 6) is -0.0605. The van der Waals surface area contributed by atoms with Gasteiger partial charge in [-0.2, -0.15) is 0 Å². The first kappa shape index (κ1) is 22.2. The molecule has 0 bridgehead atoms. The lowest BCUT2D eigenvalue weighted by molar-refractivity contribution is -0.141. The second-order valence-corrected chi connectivity index (χ2v) is 8.85. The number of carbonyl (C=O) groups is 3. The minimum Gasteiger partial charge on any atom is -0.492 e. The number of amides is 2. The van der Waals surface area contributed by atoms with Gasteiger partial charge in [-0.1, -0.05) is 34.1 Å². The normalized spacial score (nSPS) is 15.1. The fourth-order valence-corrected chi connectivity index (χ4v) is 4.57. The molecule has 3 aromatic rings. The molecule has 2 amide bonds. The van der Waals surface area contributed by atoms with Crippen LogP contribution in [0.25, 0.3) is 17.0 Å². The summed E-state index contributed by atoms with van der Waals surface area (Å²) in [7, 11) is 1.34. The third kappa shape index (κ3) is 4.73. The van der Waals surface area contributed by atoms with Crippen molar-refractivity contribution in [3.8, 4) is 5.75 Å². The van der Waals surface area contributed by atoms with Gasteiger partial charge in [0.25, 0.3) is 11.1 Å². The van der Waals surface area contributed by atoms with E-state index in [1.54, 1.807) is 16.8 Å². The van der Waals surface area contributed by atoms with Crippen LogP contribution in [0.15, 0.2) is 64.1 Å². The Morgan fingerprint density at radius 3 is 2.69 bits per heavy atom. The van der Waals surface area contributed by atoms with E-state index in [0.717, 1.165) is 32.7 Å². The average molecular weight is 515 g/mol. The van der Waals surface area contributed by atoms with E-state index in [4.69, 9.17) is 9.47 Å². The molecular weight excluding hydrogens is 496 g/mol. The minimum absolute atomic E-state index is 0.0424. The fourth-order valence-electron chi connectivity index (χ4n) is 3.35. The van der Waals surface area contributed by atoms with Crippen LogP contribution in [-0.4, -0.2) is 46.8 Å². The first-order valence-electron chi connectivity index (χ1n) is 9.74. The lowest BCUT2D eigenvalue weighted by atomic mass is 10.1. The van der Waals surface area contributed by atoms with Gasteiger partial charge in [0.2, 0.25) is 0 Å². The van der Waals surface area contributed by atoms with Crippen LogP contribution < -0.4 is 4.74 Å². The van der Waals surface area contributed by atoms with Crippen LogP contribution in [-0.2, 0) is 20.9 Å². The molecule has 0 atom stereocenters. The number of benzene rings is 2. The zero-order chi connectivity index (χ0) is 22.7. The predicted molar refractivity (Wildman–Crippen MR) is 126 cm³/mol. The number of thioether (sulfide) groups is 1. The van der Waals surface area contributed by atoms with Crippen LogP contribution in [0.4, 0.5) is 4.79 Å². The number of halogens is 1. The molecule has 0 radical (unpaired) electrons. The van der Waals surface area contributed by atoms with Gasteiger partial charge in [-0.15, -0.1) is 0 Å². The maximum Gasteiger partial charge on any atom is 0.325 e. The zero-order valence-electron chi connectivity index (χ0n) is 17.1. The Kier molecular flexibility index (Phi) is 6.66. The summed E-state index contributed by atoms with van der Waals surface area (Å²) in [6, 6.07) is 14.9. The molecule has 9 heteroatoms. The van der Waals surface area contributed by atoms with E-state index in [1.165, 1.54) is 12.0 Å². The molecule has 0 saturated carbocycles. The lowest BCUT2D eigenvalue weighted by Gasteiger charge is -2.13. The number of para-hydroxylation sites is 1. The second-order valence-electron chi connectivity index (χ2n) is 6.94. The van der Waals surface area contributed by atoms with Crippen molar-refractivity contribution in [2.75, 3.05) is 20.3 Å². The van der Waals surface area contributed by atoms with Crippen LogP contribution >= 0.6 is 27.7 Å². The molecule has 1 saturated heterocycles. The van der Waals surface area contributed by atoms with Gasteiger partial charge in [-0.3, -0.25) is 19.3 Å². The summed E-state index contributed by atoms with van der Waals surface area (Å²) in [6.45, 7) is 0.411. The monoisotopic (exact) mass is 514 g/mol. The molecule has 2 heterocycles. The highest BCUT2D eigenvalue weighted by atomic mass is 79.9. The quantitative estimate of drug-likeness (QED) is 0.336. The zero-order valence-corrected chi connectivity index (χ0v) is 19.5. The van der Waals surface area contributed by atoms with Crippen molar-refractivity contribution in [3.05, 3.63) is 69.7 Å². The highest BCUT2D eigenvalue weighted by Crippen LogP contribution is 2.34. The molecule has 4 rings (SSSR count). The van der Waals surface area contributed by atoms with Gasteiger partial charge < -0.3 is 14.0 Å². The SMILES string of the molecule is COC(=O)Cn1cc(/C=C2\SC(=O)N(CCOc3ccccc3)C2=O)c2cc(Br)ccc21. The van der Waals surface area contributed by atoms with Crippen molar-refractivity contribution < 1.29 is 23.9 Å². The van der Waals surface area contributed by atoms with Crippen molar-refractivity contribution in [1.82, 2.24) is 9.47 Å². The molecule has 7 nitrogen and oxygen atoms in total. The van der Waals surface area contributed by atoms with E-state index in [0.29, 0.717) is 10.7 Å². The van der Waals surface area contributed by atoms with Crippen molar-refractivity contribution >= 4 is 61.8 Å². The third-order valence-electron chi connectivity index (χ3n) is 4.89. The predicted octanol–water partition coefficient (Wildman–Crippen LogP) is 4.69. The van der Waals surface area contributed by atoms with Crippen molar-refractivity contribution in [2.24, 2.45) is 0 Å². The molecule has 2 aromatic carbocycles. The summed E-state index contributed by atoms with van der Waals surface area (Å²) in [5.41, 5.74) is 1.55. The van der Waals surface area contributed by atoms with Gasteiger partial charge in [-0.25, -0.2) is 0 Å². The lowest BCUT2D eigenvalue weighted by Crippen LogP contribution is -2.32. The molecule has 1 aliphatic rings. The van der Waals surface area contributed by atoms with Gasteiger partial charge in [0.05, 0.1) is 18.6 Å². The number of methoxy groups -OCH3 is 1. The third-order valence-corrected chi connectivity index (χ3v) is 6.29. The van der Waals surface area contributed by atoms with Gasteiger partial charge in [0.1, 0.15) is 18.9 Å². The number of ether oxygens (including phenoxy) is 2. The van der Waals surface area contributed by atoms with Gasteiger partial charge in [0.15, 0.2) is 0 Å². The van der Waals surface area contributed by atoms with E-state index in [2.05, 4.69) is 15.9 Å². The van der Waals surface area contributed by atoms with Crippen molar-refractivity contribution in [2.45, 2.75) is 6.54 Å². The number of esters is 1. The van der Waals surface area contributed by atoms with Gasteiger partial charge in [-0.05, 0) is 48.2 Å². The van der Waals surface area contributed by atoms with E-state index in [9.17, 15) is 14.4 Å². The molecule has 1 aromatic heterocycles. The van der Waals surface area contributed by atoms with Crippen LogP contribution in [0.1, 0.15) is 5.56 Å². The summed E-state index contributed by atoms with van der Waals surface area (Å²) < 4.78 is 13.0. The maximum atomic E-state index is 12.9. The molecule has 0 spiro atoms. The number of aromatic nitrogens is 1. The number of fused-ring (bicyclic) bond motifs is 1. The number of carbonyl (C=O) groups excluding carboxylic acids is 3. The number of rotatable bonds is 7. The first-order valence-corrected chi connectivity index (χ1v) is 11.4. The average Bonchev–Trinajstić information content (AvgIpc) is 3.25. The first-order chi connectivity index (χ1) is 15.5. The topological polar surface area (TPSA) is 77.8 Å². The van der Waals surface area contributed by atoms with E-state index in [-0.39, 0.29) is 36.8 Å². The molecule has 1 fully saturated rings. The Bertz CT molecular complexity index is 1220. The summed E-state index contributed by atoms with van der Waals surface area (Å²) in [6.07, 6.45) is 3.46. The Hall–Kier alpha value is -3.04. The number of hydrogen-bond acceptors (Lipinski definition) is 6. The number of hydrogen-bond donors (Lipinski definition) is 0. The van der Waals surface area contributed by atoms with E-state index >= 15 is 0 Å². The molecular formula is C23H19BrN2O5S. The highest BCUT2D eigenvalue weighted by molar-refractivity contribution is 9.10. The standard InChI is InChI=1S/C23H19BrN2O5S/c1-30-21(27)14-25-13-15(18-12-16(24)7-8-19(18)25)11-20-22(28)26(23(29)32-20)9-10-31-17-5-3-2-4-6-17/h2-8,11-13H,9-10,14H2,1H3/b20-11-. The Balaban J connectivity index is 1.55. The molecule has 32 heavy (non-hydrogen) atoms. The smallest absolute Gasteiger partial charge is 0.325 e. The van der Waals surface area contributed by atoms with Crippen molar-refractivity contribution in [3.63, 3.8) is 0 Å². The molecule has 0 unspecified atom stereocenters. The Labute approximate surface area is 197 Å². The van der Waals surface area contributed by atoms with Crippen molar-refractivity contribution in [1.29, 1.82) is 0 Å². The molecule has 1 aliphatic heterocycles. The Morgan fingerprint density at radius 2 is 1.94 bits per heavy atom. The van der Waals surface area contributed by atoms with Crippen LogP contribution in [0.2, 0.25) is 0 Å². The maximum absolute atomic E-state index is 12.9. The summed E-state index contributed by atoms with van der Waals surface area (Å²) >= 11 is 4.36. The number of nitrogens with zero attached hydrogens (tertiary/aromatic N) is 2. The highest BCUT2D eigenvalue weighted by Gasteiger charge is 2.35. The second kappa shape index (κ2) is 9.62. The van der Waals surface area contributed by atoms with Gasteiger partial charge >= 0.3 is 5.97 Å². The summed E-state index contributed by atoms with van der Waals surface area (Å²) in [5, 5.41) is 0.514. The molecule has 0 N–H and O–H groups in total.